The molecule has 0 fully saturated rings. The van der Waals surface area contributed by atoms with Crippen LogP contribution in [0.3, 0.4) is 0 Å². The molecule has 21 heavy (non-hydrogen) atoms. The van der Waals surface area contributed by atoms with Gasteiger partial charge < -0.3 is 0 Å². The van der Waals surface area contributed by atoms with Crippen molar-refractivity contribution in [3.05, 3.63) is 70.8 Å². The first-order chi connectivity index (χ1) is 9.93. The Bertz CT molecular complexity index is 711. The van der Waals surface area contributed by atoms with E-state index in [1.807, 2.05) is 0 Å². The van der Waals surface area contributed by atoms with Crippen LogP contribution in [-0.4, -0.2) is 5.78 Å². The lowest BCUT2D eigenvalue weighted by Gasteiger charge is -2.10. The maximum absolute atomic E-state index is 13.6. The number of Topliss-reactive ketones (excluding diaryl/α,β-unsaturated/α-hetero) is 1. The second-order valence-corrected chi connectivity index (χ2v) is 4.23. The number of hydrogen-bond donors (Lipinski definition) is 0. The number of halogens is 4. The molecule has 1 unspecified atom stereocenters. The molecule has 0 aliphatic heterocycles. The third-order valence-corrected chi connectivity index (χ3v) is 2.82. The van der Waals surface area contributed by atoms with E-state index in [0.717, 1.165) is 30.3 Å². The molecule has 6 heteroatoms. The molecule has 0 N–H and O–H groups in total. The van der Waals surface area contributed by atoms with Crippen molar-refractivity contribution in [2.24, 2.45) is 0 Å². The van der Waals surface area contributed by atoms with E-state index >= 15 is 0 Å². The van der Waals surface area contributed by atoms with E-state index in [2.05, 4.69) is 0 Å². The van der Waals surface area contributed by atoms with Crippen LogP contribution in [0.15, 0.2) is 36.4 Å². The summed E-state index contributed by atoms with van der Waals surface area (Å²) >= 11 is 0. The maximum atomic E-state index is 13.6. The van der Waals surface area contributed by atoms with Crippen molar-refractivity contribution in [2.75, 3.05) is 0 Å². The second-order valence-electron chi connectivity index (χ2n) is 4.23. The third kappa shape index (κ3) is 2.92. The molecule has 0 amide bonds. The smallest absolute Gasteiger partial charge is 0.190 e. The highest BCUT2D eigenvalue weighted by Crippen LogP contribution is 2.25. The number of carbonyl (C=O) groups excluding carboxylic acids is 1. The van der Waals surface area contributed by atoms with Gasteiger partial charge in [-0.15, -0.1) is 0 Å². The Hall–Kier alpha value is -2.68. The lowest BCUT2D eigenvalue weighted by molar-refractivity contribution is 0.0970. The van der Waals surface area contributed by atoms with Crippen molar-refractivity contribution in [3.63, 3.8) is 0 Å². The van der Waals surface area contributed by atoms with E-state index in [9.17, 15) is 22.4 Å². The van der Waals surface area contributed by atoms with Gasteiger partial charge >= 0.3 is 0 Å². The van der Waals surface area contributed by atoms with Crippen LogP contribution in [0, 0.1) is 34.6 Å². The average molecular weight is 293 g/mol. The van der Waals surface area contributed by atoms with Crippen LogP contribution in [0.1, 0.15) is 21.8 Å². The Morgan fingerprint density at radius 3 is 2.00 bits per heavy atom. The van der Waals surface area contributed by atoms with Gasteiger partial charge in [-0.2, -0.15) is 5.26 Å². The molecular weight excluding hydrogens is 286 g/mol. The number of carbonyl (C=O) groups is 1. The third-order valence-electron chi connectivity index (χ3n) is 2.82. The van der Waals surface area contributed by atoms with Gasteiger partial charge in [0.15, 0.2) is 5.78 Å². The molecule has 2 aromatic carbocycles. The molecule has 106 valence electrons. The van der Waals surface area contributed by atoms with Gasteiger partial charge in [0.05, 0.1) is 11.6 Å². The minimum absolute atomic E-state index is 0.303. The first-order valence-corrected chi connectivity index (χ1v) is 5.78. The van der Waals surface area contributed by atoms with Crippen LogP contribution >= 0.6 is 0 Å². The maximum Gasteiger partial charge on any atom is 0.190 e. The fourth-order valence-electron chi connectivity index (χ4n) is 1.90. The summed E-state index contributed by atoms with van der Waals surface area (Å²) < 4.78 is 53.4. The number of nitrogens with zero attached hydrogens (tertiary/aromatic N) is 1. The summed E-state index contributed by atoms with van der Waals surface area (Å²) in [6, 6.07) is 6.39. The van der Waals surface area contributed by atoms with Gasteiger partial charge in [-0.05, 0) is 29.8 Å². The number of benzene rings is 2. The standard InChI is InChI=1S/C15H7F4NO/c16-9-4-8(5-10(17)6-9)11(7-20)15(21)14-12(18)2-1-3-13(14)19/h1-6,11H. The summed E-state index contributed by atoms with van der Waals surface area (Å²) in [6.45, 7) is 0. The molecule has 0 aromatic heterocycles. The number of ketones is 1. The van der Waals surface area contributed by atoms with Gasteiger partial charge in [-0.3, -0.25) is 4.79 Å². The lowest BCUT2D eigenvalue weighted by Crippen LogP contribution is -2.15. The Balaban J connectivity index is 2.52. The van der Waals surface area contributed by atoms with Gasteiger partial charge in [0.1, 0.15) is 29.2 Å². The van der Waals surface area contributed by atoms with E-state index < -0.39 is 40.5 Å². The van der Waals surface area contributed by atoms with Crippen molar-refractivity contribution < 1.29 is 22.4 Å². The molecule has 0 bridgehead atoms. The minimum atomic E-state index is -1.71. The first-order valence-electron chi connectivity index (χ1n) is 5.78. The molecule has 0 radical (unpaired) electrons. The highest BCUT2D eigenvalue weighted by molar-refractivity contribution is 6.03. The molecule has 0 heterocycles. The predicted molar refractivity (Wildman–Crippen MR) is 65.4 cm³/mol. The summed E-state index contributed by atoms with van der Waals surface area (Å²) in [5.74, 6) is -7.17. The Kier molecular flexibility index (Phi) is 4.03. The van der Waals surface area contributed by atoms with Crippen LogP contribution in [0.2, 0.25) is 0 Å². The zero-order valence-electron chi connectivity index (χ0n) is 10.4. The average Bonchev–Trinajstić information content (AvgIpc) is 2.38. The highest BCUT2D eigenvalue weighted by atomic mass is 19.1. The molecule has 1 atom stereocenters. The van der Waals surface area contributed by atoms with Crippen LogP contribution in [-0.2, 0) is 0 Å². The second kappa shape index (κ2) is 5.75. The summed E-state index contributed by atoms with van der Waals surface area (Å²) in [6.07, 6.45) is 0. The van der Waals surface area contributed by atoms with Crippen molar-refractivity contribution in [1.82, 2.24) is 0 Å². The molecule has 0 aliphatic rings. The highest BCUT2D eigenvalue weighted by Gasteiger charge is 2.27. The molecule has 0 aliphatic carbocycles. The summed E-state index contributed by atoms with van der Waals surface area (Å²) in [4.78, 5) is 12.1. The Labute approximate surface area is 117 Å². The van der Waals surface area contributed by atoms with E-state index in [4.69, 9.17) is 5.26 Å². The summed E-state index contributed by atoms with van der Waals surface area (Å²) in [5, 5.41) is 9.01. The molecule has 0 saturated heterocycles. The van der Waals surface area contributed by atoms with E-state index in [1.165, 1.54) is 6.07 Å². The quantitative estimate of drug-likeness (QED) is 0.639. The van der Waals surface area contributed by atoms with Crippen molar-refractivity contribution in [2.45, 2.75) is 5.92 Å². The number of rotatable bonds is 3. The summed E-state index contributed by atoms with van der Waals surface area (Å²) in [7, 11) is 0. The van der Waals surface area contributed by atoms with E-state index in [0.29, 0.717) is 6.07 Å². The summed E-state index contributed by atoms with van der Waals surface area (Å²) in [5.41, 5.74) is -1.21. The zero-order chi connectivity index (χ0) is 15.6. The fourth-order valence-corrected chi connectivity index (χ4v) is 1.90. The van der Waals surface area contributed by atoms with E-state index in [-0.39, 0.29) is 5.56 Å². The van der Waals surface area contributed by atoms with Crippen molar-refractivity contribution >= 4 is 5.78 Å². The van der Waals surface area contributed by atoms with Crippen molar-refractivity contribution in [3.8, 4) is 6.07 Å². The van der Waals surface area contributed by atoms with Crippen LogP contribution in [0.25, 0.3) is 0 Å². The normalized spacial score (nSPS) is 11.8. The molecule has 2 rings (SSSR count). The largest absolute Gasteiger partial charge is 0.292 e. The minimum Gasteiger partial charge on any atom is -0.292 e. The van der Waals surface area contributed by atoms with Gasteiger partial charge in [0.2, 0.25) is 0 Å². The molecule has 0 spiro atoms. The Morgan fingerprint density at radius 1 is 1.00 bits per heavy atom. The van der Waals surface area contributed by atoms with Gasteiger partial charge in [-0.1, -0.05) is 6.07 Å². The number of hydrogen-bond acceptors (Lipinski definition) is 2. The van der Waals surface area contributed by atoms with Gasteiger partial charge in [0, 0.05) is 6.07 Å². The fraction of sp³-hybridized carbons (Fsp3) is 0.0667. The van der Waals surface area contributed by atoms with E-state index in [1.54, 1.807) is 0 Å². The number of nitriles is 1. The monoisotopic (exact) mass is 293 g/mol. The first kappa shape index (κ1) is 14.7. The molecule has 2 nitrogen and oxygen atoms in total. The van der Waals surface area contributed by atoms with Crippen LogP contribution < -0.4 is 0 Å². The molecular formula is C15H7F4NO. The van der Waals surface area contributed by atoms with Crippen LogP contribution in [0.5, 0.6) is 0 Å². The molecule has 2 aromatic rings. The van der Waals surface area contributed by atoms with Crippen molar-refractivity contribution in [1.29, 1.82) is 5.26 Å². The SMILES string of the molecule is N#CC(C(=O)c1c(F)cccc1F)c1cc(F)cc(F)c1. The van der Waals surface area contributed by atoms with Crippen LogP contribution in [0.4, 0.5) is 17.6 Å². The zero-order valence-corrected chi connectivity index (χ0v) is 10.4. The lowest BCUT2D eigenvalue weighted by atomic mass is 9.91. The molecule has 0 saturated carbocycles. The van der Waals surface area contributed by atoms with Gasteiger partial charge in [-0.25, -0.2) is 17.6 Å². The van der Waals surface area contributed by atoms with Gasteiger partial charge in [0.25, 0.3) is 0 Å². The predicted octanol–water partition coefficient (Wildman–Crippen LogP) is 3.73. The topological polar surface area (TPSA) is 40.9 Å². The Morgan fingerprint density at radius 2 is 1.52 bits per heavy atom.